The Morgan fingerprint density at radius 3 is 2.50 bits per heavy atom. The first-order valence-electron chi connectivity index (χ1n) is 9.28. The van der Waals surface area contributed by atoms with Crippen LogP contribution in [0.4, 0.5) is 0 Å². The first-order valence-corrected chi connectivity index (χ1v) is 9.66. The number of allylic oxidation sites excluding steroid dienone is 1. The van der Waals surface area contributed by atoms with Crippen molar-refractivity contribution in [2.24, 2.45) is 0 Å². The van der Waals surface area contributed by atoms with E-state index in [0.717, 1.165) is 11.1 Å². The highest BCUT2D eigenvalue weighted by atomic mass is 35.5. The number of carbonyl (C=O) groups is 2. The van der Waals surface area contributed by atoms with Gasteiger partial charge in [0.25, 0.3) is 0 Å². The minimum atomic E-state index is -0.400. The molecule has 0 aliphatic carbocycles. The van der Waals surface area contributed by atoms with Gasteiger partial charge in [-0.3, -0.25) is 4.79 Å². The number of esters is 1. The lowest BCUT2D eigenvalue weighted by Gasteiger charge is -2.33. The standard InChI is InChI=1S/C22H23ClN2O3/c1-15-21(22(27)28-14-16-5-3-2-4-6-16)19(13-20(26)25(15)12-11-24)17-7-9-18(23)10-8-17/h2-10,19H,11-14,24H2,1H3/p+1. The van der Waals surface area contributed by atoms with E-state index < -0.39 is 5.97 Å². The third kappa shape index (κ3) is 4.43. The van der Waals surface area contributed by atoms with Crippen LogP contribution >= 0.6 is 11.6 Å². The largest absolute Gasteiger partial charge is 0.457 e. The van der Waals surface area contributed by atoms with E-state index >= 15 is 0 Å². The molecule has 1 heterocycles. The number of quaternary nitrogens is 1. The summed E-state index contributed by atoms with van der Waals surface area (Å²) in [6, 6.07) is 16.8. The summed E-state index contributed by atoms with van der Waals surface area (Å²) in [5.74, 6) is -0.766. The van der Waals surface area contributed by atoms with E-state index in [1.54, 1.807) is 24.0 Å². The predicted molar refractivity (Wildman–Crippen MR) is 107 cm³/mol. The molecule has 0 saturated carbocycles. The summed E-state index contributed by atoms with van der Waals surface area (Å²) in [5.41, 5.74) is 6.78. The van der Waals surface area contributed by atoms with E-state index in [1.165, 1.54) is 0 Å². The van der Waals surface area contributed by atoms with Crippen LogP contribution in [-0.2, 0) is 20.9 Å². The number of nitrogens with zero attached hydrogens (tertiary/aromatic N) is 1. The fraction of sp³-hybridized carbons (Fsp3) is 0.273. The summed E-state index contributed by atoms with van der Waals surface area (Å²) in [7, 11) is 0. The van der Waals surface area contributed by atoms with E-state index in [2.05, 4.69) is 5.73 Å². The van der Waals surface area contributed by atoms with Gasteiger partial charge in [0.05, 0.1) is 18.7 Å². The molecular formula is C22H24ClN2O3+. The number of rotatable bonds is 6. The molecule has 1 aliphatic heterocycles. The van der Waals surface area contributed by atoms with Crippen molar-refractivity contribution in [1.82, 2.24) is 4.90 Å². The Labute approximate surface area is 169 Å². The second kappa shape index (κ2) is 9.04. The Bertz CT molecular complexity index is 878. The highest BCUT2D eigenvalue weighted by Crippen LogP contribution is 2.37. The quantitative estimate of drug-likeness (QED) is 0.759. The monoisotopic (exact) mass is 399 g/mol. The number of carbonyl (C=O) groups excluding carboxylic acids is 2. The maximum atomic E-state index is 13.0. The summed E-state index contributed by atoms with van der Waals surface area (Å²) < 4.78 is 5.60. The minimum Gasteiger partial charge on any atom is -0.457 e. The second-order valence-corrected chi connectivity index (χ2v) is 7.20. The van der Waals surface area contributed by atoms with Gasteiger partial charge in [0.1, 0.15) is 6.61 Å². The van der Waals surface area contributed by atoms with Gasteiger partial charge in [0.2, 0.25) is 5.91 Å². The lowest BCUT2D eigenvalue weighted by molar-refractivity contribution is -0.367. The minimum absolute atomic E-state index is 0.0132. The lowest BCUT2D eigenvalue weighted by atomic mass is 9.83. The molecule has 2 aromatic rings. The van der Waals surface area contributed by atoms with Gasteiger partial charge in [-0.05, 0) is 30.2 Å². The normalized spacial score (nSPS) is 17.0. The molecule has 0 spiro atoms. The second-order valence-electron chi connectivity index (χ2n) is 6.77. The van der Waals surface area contributed by atoms with Crippen LogP contribution in [0.1, 0.15) is 30.4 Å². The molecule has 1 atom stereocenters. The molecule has 0 saturated heterocycles. The zero-order valence-electron chi connectivity index (χ0n) is 15.9. The average molecular weight is 400 g/mol. The van der Waals surface area contributed by atoms with Crippen molar-refractivity contribution in [3.05, 3.63) is 82.0 Å². The fourth-order valence-electron chi connectivity index (χ4n) is 3.49. The Kier molecular flexibility index (Phi) is 6.49. The van der Waals surface area contributed by atoms with Gasteiger partial charge in [-0.15, -0.1) is 0 Å². The molecule has 0 radical (unpaired) electrons. The van der Waals surface area contributed by atoms with Gasteiger partial charge < -0.3 is 15.4 Å². The first-order chi connectivity index (χ1) is 13.5. The molecule has 1 amide bonds. The maximum Gasteiger partial charge on any atom is 0.336 e. The van der Waals surface area contributed by atoms with Crippen LogP contribution in [0.15, 0.2) is 65.9 Å². The summed E-state index contributed by atoms with van der Waals surface area (Å²) in [5, 5.41) is 0.610. The Morgan fingerprint density at radius 2 is 1.86 bits per heavy atom. The first kappa shape index (κ1) is 20.1. The number of hydrogen-bond donors (Lipinski definition) is 1. The average Bonchev–Trinajstić information content (AvgIpc) is 2.70. The van der Waals surface area contributed by atoms with E-state index in [9.17, 15) is 9.59 Å². The van der Waals surface area contributed by atoms with Crippen LogP contribution in [0.2, 0.25) is 5.02 Å². The Hall–Kier alpha value is -2.63. The fourth-order valence-corrected chi connectivity index (χ4v) is 3.62. The van der Waals surface area contributed by atoms with Gasteiger partial charge in [-0.2, -0.15) is 0 Å². The SMILES string of the molecule is CC1=C(C(=O)OCc2ccccc2)C(c2ccc(Cl)cc2)CC(=O)N1CC[NH3+]. The van der Waals surface area contributed by atoms with Crippen LogP contribution < -0.4 is 5.73 Å². The van der Waals surface area contributed by atoms with E-state index in [-0.39, 0.29) is 24.9 Å². The van der Waals surface area contributed by atoms with Crippen LogP contribution in [0.3, 0.4) is 0 Å². The van der Waals surface area contributed by atoms with Crippen molar-refractivity contribution in [3.63, 3.8) is 0 Å². The highest BCUT2D eigenvalue weighted by molar-refractivity contribution is 6.30. The third-order valence-electron chi connectivity index (χ3n) is 4.91. The van der Waals surface area contributed by atoms with E-state index in [4.69, 9.17) is 16.3 Å². The molecule has 0 fully saturated rings. The topological polar surface area (TPSA) is 74.2 Å². The zero-order valence-corrected chi connectivity index (χ0v) is 16.6. The Morgan fingerprint density at radius 1 is 1.18 bits per heavy atom. The summed E-state index contributed by atoms with van der Waals surface area (Å²) in [4.78, 5) is 27.3. The molecule has 5 nitrogen and oxygen atoms in total. The summed E-state index contributed by atoms with van der Waals surface area (Å²) in [6.07, 6.45) is 0.217. The van der Waals surface area contributed by atoms with Crippen LogP contribution in [0.25, 0.3) is 0 Å². The number of halogens is 1. The van der Waals surface area contributed by atoms with Crippen molar-refractivity contribution < 1.29 is 20.1 Å². The number of amides is 1. The zero-order chi connectivity index (χ0) is 20.1. The van der Waals surface area contributed by atoms with Crippen molar-refractivity contribution in [3.8, 4) is 0 Å². The highest BCUT2D eigenvalue weighted by Gasteiger charge is 2.36. The molecule has 3 N–H and O–H groups in total. The van der Waals surface area contributed by atoms with Gasteiger partial charge in [0.15, 0.2) is 0 Å². The molecule has 0 bridgehead atoms. The summed E-state index contributed by atoms with van der Waals surface area (Å²) in [6.45, 7) is 3.04. The molecule has 1 unspecified atom stereocenters. The molecule has 146 valence electrons. The van der Waals surface area contributed by atoms with Crippen molar-refractivity contribution in [2.45, 2.75) is 25.9 Å². The smallest absolute Gasteiger partial charge is 0.336 e. The van der Waals surface area contributed by atoms with Crippen LogP contribution in [0.5, 0.6) is 0 Å². The van der Waals surface area contributed by atoms with Crippen molar-refractivity contribution in [1.29, 1.82) is 0 Å². The maximum absolute atomic E-state index is 13.0. The van der Waals surface area contributed by atoms with E-state index in [1.807, 2.05) is 42.5 Å². The van der Waals surface area contributed by atoms with Crippen molar-refractivity contribution in [2.75, 3.05) is 13.1 Å². The van der Waals surface area contributed by atoms with Gasteiger partial charge in [0, 0.05) is 23.1 Å². The molecule has 6 heteroatoms. The lowest BCUT2D eigenvalue weighted by Crippen LogP contribution is -2.56. The number of hydrogen-bond acceptors (Lipinski definition) is 3. The predicted octanol–water partition coefficient (Wildman–Crippen LogP) is 2.92. The molecule has 0 aromatic heterocycles. The van der Waals surface area contributed by atoms with Gasteiger partial charge >= 0.3 is 5.97 Å². The molecule has 3 rings (SSSR count). The van der Waals surface area contributed by atoms with Crippen LogP contribution in [-0.4, -0.2) is 29.9 Å². The molecule has 1 aliphatic rings. The summed E-state index contributed by atoms with van der Waals surface area (Å²) >= 11 is 6.00. The number of benzene rings is 2. The van der Waals surface area contributed by atoms with Crippen molar-refractivity contribution >= 4 is 23.5 Å². The number of ether oxygens (including phenoxy) is 1. The molecular weight excluding hydrogens is 376 g/mol. The Balaban J connectivity index is 1.92. The van der Waals surface area contributed by atoms with Crippen LogP contribution in [0, 0.1) is 0 Å². The van der Waals surface area contributed by atoms with Gasteiger partial charge in [-0.25, -0.2) is 4.79 Å². The van der Waals surface area contributed by atoms with E-state index in [0.29, 0.717) is 29.4 Å². The molecule has 2 aromatic carbocycles. The third-order valence-corrected chi connectivity index (χ3v) is 5.16. The molecule has 28 heavy (non-hydrogen) atoms. The van der Waals surface area contributed by atoms with Gasteiger partial charge in [-0.1, -0.05) is 54.1 Å².